The maximum atomic E-state index is 12.3. The maximum absolute atomic E-state index is 12.3. The highest BCUT2D eigenvalue weighted by molar-refractivity contribution is 7.89. The molecular formula is C13H19N3O3S. The van der Waals surface area contributed by atoms with Crippen molar-refractivity contribution in [2.24, 2.45) is 5.73 Å². The highest BCUT2D eigenvalue weighted by Crippen LogP contribution is 2.18. The van der Waals surface area contributed by atoms with Crippen LogP contribution >= 0.6 is 0 Å². The first-order valence-electron chi connectivity index (χ1n) is 6.44. The number of amides is 1. The lowest BCUT2D eigenvalue weighted by atomic mass is 10.1. The fourth-order valence-corrected chi connectivity index (χ4v) is 3.43. The van der Waals surface area contributed by atoms with E-state index in [1.54, 1.807) is 26.1 Å². The van der Waals surface area contributed by atoms with Gasteiger partial charge in [0, 0.05) is 19.6 Å². The first-order valence-corrected chi connectivity index (χ1v) is 7.92. The van der Waals surface area contributed by atoms with Gasteiger partial charge in [-0.1, -0.05) is 12.1 Å². The largest absolute Gasteiger partial charge is 0.344 e. The average molecular weight is 297 g/mol. The Kier molecular flexibility index (Phi) is 4.12. The number of carbonyl (C=O) groups excluding carboxylic acids is 1. The fraction of sp³-hybridized carbons (Fsp3) is 0.462. The zero-order chi connectivity index (χ0) is 14.9. The Bertz CT molecular complexity index is 613. The highest BCUT2D eigenvalue weighted by atomic mass is 32.2. The van der Waals surface area contributed by atoms with Gasteiger partial charge in [0.15, 0.2) is 0 Å². The second-order valence-electron chi connectivity index (χ2n) is 5.08. The Morgan fingerprint density at radius 3 is 2.70 bits per heavy atom. The Balaban J connectivity index is 2.23. The van der Waals surface area contributed by atoms with E-state index in [4.69, 9.17) is 5.73 Å². The van der Waals surface area contributed by atoms with E-state index in [1.165, 1.54) is 17.0 Å². The molecule has 1 aliphatic rings. The van der Waals surface area contributed by atoms with E-state index in [2.05, 4.69) is 4.72 Å². The summed E-state index contributed by atoms with van der Waals surface area (Å²) in [5.41, 5.74) is 6.49. The van der Waals surface area contributed by atoms with E-state index in [1.807, 2.05) is 0 Å². The molecule has 1 fully saturated rings. The zero-order valence-electron chi connectivity index (χ0n) is 11.5. The monoisotopic (exact) mass is 297 g/mol. The van der Waals surface area contributed by atoms with E-state index in [9.17, 15) is 13.2 Å². The SMILES string of the molecule is CC(N)c1cccc(S(=O)(=O)NC2CCN(C)C2=O)c1. The third kappa shape index (κ3) is 3.00. The quantitative estimate of drug-likeness (QED) is 0.831. The van der Waals surface area contributed by atoms with Gasteiger partial charge in [-0.05, 0) is 31.0 Å². The van der Waals surface area contributed by atoms with Gasteiger partial charge in [0.1, 0.15) is 6.04 Å². The van der Waals surface area contributed by atoms with Crippen molar-refractivity contribution in [2.45, 2.75) is 30.3 Å². The minimum atomic E-state index is -3.71. The molecule has 1 heterocycles. The summed E-state index contributed by atoms with van der Waals surface area (Å²) in [4.78, 5) is 13.4. The molecule has 1 aromatic rings. The molecular weight excluding hydrogens is 278 g/mol. The minimum absolute atomic E-state index is 0.134. The molecule has 1 saturated heterocycles. The molecule has 2 atom stereocenters. The predicted molar refractivity (Wildman–Crippen MR) is 75.4 cm³/mol. The van der Waals surface area contributed by atoms with Crippen LogP contribution in [-0.4, -0.2) is 38.9 Å². The molecule has 1 amide bonds. The predicted octanol–water partition coefficient (Wildman–Crippen LogP) is 0.215. The van der Waals surface area contributed by atoms with Crippen molar-refractivity contribution in [1.29, 1.82) is 0 Å². The number of nitrogens with zero attached hydrogens (tertiary/aromatic N) is 1. The van der Waals surface area contributed by atoms with Gasteiger partial charge in [-0.2, -0.15) is 4.72 Å². The molecule has 2 unspecified atom stereocenters. The third-order valence-corrected chi connectivity index (χ3v) is 4.89. The lowest BCUT2D eigenvalue weighted by Gasteiger charge is -2.14. The Morgan fingerprint density at radius 2 is 2.15 bits per heavy atom. The van der Waals surface area contributed by atoms with Crippen molar-refractivity contribution in [3.63, 3.8) is 0 Å². The van der Waals surface area contributed by atoms with Crippen molar-refractivity contribution in [3.05, 3.63) is 29.8 Å². The molecule has 20 heavy (non-hydrogen) atoms. The Hall–Kier alpha value is -1.44. The summed E-state index contributed by atoms with van der Waals surface area (Å²) < 4.78 is 27.0. The van der Waals surface area contributed by atoms with Crippen LogP contribution in [0.2, 0.25) is 0 Å². The van der Waals surface area contributed by atoms with Crippen LogP contribution in [0.25, 0.3) is 0 Å². The Labute approximate surface area is 119 Å². The lowest BCUT2D eigenvalue weighted by Crippen LogP contribution is -2.40. The van der Waals surface area contributed by atoms with Crippen LogP contribution in [0.15, 0.2) is 29.2 Å². The summed E-state index contributed by atoms with van der Waals surface area (Å²) in [6.45, 7) is 2.35. The number of rotatable bonds is 4. The molecule has 7 heteroatoms. The summed E-state index contributed by atoms with van der Waals surface area (Å²) in [5, 5.41) is 0. The molecule has 1 aromatic carbocycles. The van der Waals surface area contributed by atoms with Crippen LogP contribution < -0.4 is 10.5 Å². The van der Waals surface area contributed by atoms with Crippen LogP contribution in [0.1, 0.15) is 24.9 Å². The fourth-order valence-electron chi connectivity index (χ4n) is 2.15. The minimum Gasteiger partial charge on any atom is -0.344 e. The molecule has 0 spiro atoms. The molecule has 2 rings (SSSR count). The first-order chi connectivity index (χ1) is 9.31. The van der Waals surface area contributed by atoms with E-state index in [0.29, 0.717) is 13.0 Å². The highest BCUT2D eigenvalue weighted by Gasteiger charge is 2.32. The number of nitrogens with one attached hydrogen (secondary N) is 1. The number of likely N-dealkylation sites (N-methyl/N-ethyl adjacent to an activating group) is 1. The van der Waals surface area contributed by atoms with Crippen LogP contribution in [-0.2, 0) is 14.8 Å². The van der Waals surface area contributed by atoms with Crippen molar-refractivity contribution in [2.75, 3.05) is 13.6 Å². The van der Waals surface area contributed by atoms with Gasteiger partial charge in [-0.25, -0.2) is 8.42 Å². The number of carbonyl (C=O) groups is 1. The van der Waals surface area contributed by atoms with Crippen molar-refractivity contribution < 1.29 is 13.2 Å². The summed E-state index contributed by atoms with van der Waals surface area (Å²) in [5.74, 6) is -0.197. The van der Waals surface area contributed by atoms with E-state index in [-0.39, 0.29) is 16.8 Å². The molecule has 6 nitrogen and oxygen atoms in total. The molecule has 0 aromatic heterocycles. The van der Waals surface area contributed by atoms with Crippen LogP contribution in [0.5, 0.6) is 0 Å². The molecule has 110 valence electrons. The number of nitrogens with two attached hydrogens (primary N) is 1. The normalized spacial score (nSPS) is 21.2. The van der Waals surface area contributed by atoms with Gasteiger partial charge >= 0.3 is 0 Å². The molecule has 0 saturated carbocycles. The van der Waals surface area contributed by atoms with Gasteiger partial charge in [-0.15, -0.1) is 0 Å². The number of likely N-dealkylation sites (tertiary alicyclic amines) is 1. The van der Waals surface area contributed by atoms with E-state index >= 15 is 0 Å². The second kappa shape index (κ2) is 5.51. The van der Waals surface area contributed by atoms with Crippen molar-refractivity contribution in [1.82, 2.24) is 9.62 Å². The van der Waals surface area contributed by atoms with E-state index < -0.39 is 16.1 Å². The van der Waals surface area contributed by atoms with Crippen LogP contribution in [0.3, 0.4) is 0 Å². The van der Waals surface area contributed by atoms with Gasteiger partial charge in [0.05, 0.1) is 4.90 Å². The van der Waals surface area contributed by atoms with Gasteiger partial charge in [0.2, 0.25) is 15.9 Å². The van der Waals surface area contributed by atoms with Gasteiger partial charge in [0.25, 0.3) is 0 Å². The molecule has 0 bridgehead atoms. The van der Waals surface area contributed by atoms with Crippen molar-refractivity contribution in [3.8, 4) is 0 Å². The first kappa shape index (κ1) is 15.0. The molecule has 0 aliphatic carbocycles. The summed E-state index contributed by atoms with van der Waals surface area (Å²) in [7, 11) is -2.05. The van der Waals surface area contributed by atoms with Crippen LogP contribution in [0, 0.1) is 0 Å². The van der Waals surface area contributed by atoms with Crippen molar-refractivity contribution >= 4 is 15.9 Å². The number of hydrogen-bond donors (Lipinski definition) is 2. The smallest absolute Gasteiger partial charge is 0.241 e. The lowest BCUT2D eigenvalue weighted by molar-refractivity contribution is -0.127. The maximum Gasteiger partial charge on any atom is 0.241 e. The third-order valence-electron chi connectivity index (χ3n) is 3.42. The summed E-state index contributed by atoms with van der Waals surface area (Å²) in [6, 6.07) is 5.54. The summed E-state index contributed by atoms with van der Waals surface area (Å²) >= 11 is 0. The molecule has 1 aliphatic heterocycles. The Morgan fingerprint density at radius 1 is 1.45 bits per heavy atom. The standard InChI is InChI=1S/C13H19N3O3S/c1-9(14)10-4-3-5-11(8-10)20(18,19)15-12-6-7-16(2)13(12)17/h3-5,8-9,12,15H,6-7,14H2,1-2H3. The van der Waals surface area contributed by atoms with Gasteiger partial charge in [-0.3, -0.25) is 4.79 Å². The topological polar surface area (TPSA) is 92.5 Å². The van der Waals surface area contributed by atoms with Gasteiger partial charge < -0.3 is 10.6 Å². The zero-order valence-corrected chi connectivity index (χ0v) is 12.4. The second-order valence-corrected chi connectivity index (χ2v) is 6.80. The number of benzene rings is 1. The van der Waals surface area contributed by atoms with Crippen LogP contribution in [0.4, 0.5) is 0 Å². The number of sulfonamides is 1. The average Bonchev–Trinajstić information content (AvgIpc) is 2.70. The number of hydrogen-bond acceptors (Lipinski definition) is 4. The summed E-state index contributed by atoms with van der Waals surface area (Å²) in [6.07, 6.45) is 0.488. The molecule has 0 radical (unpaired) electrons. The van der Waals surface area contributed by atoms with E-state index in [0.717, 1.165) is 5.56 Å². The molecule has 3 N–H and O–H groups in total.